The van der Waals surface area contributed by atoms with E-state index in [0.717, 1.165) is 39.4 Å². The number of thioether (sulfide) groups is 1. The summed E-state index contributed by atoms with van der Waals surface area (Å²) in [4.78, 5) is 23.6. The zero-order valence-electron chi connectivity index (χ0n) is 14.0. The van der Waals surface area contributed by atoms with Crippen molar-refractivity contribution in [3.63, 3.8) is 0 Å². The predicted molar refractivity (Wildman–Crippen MR) is 101 cm³/mol. The van der Waals surface area contributed by atoms with Crippen molar-refractivity contribution in [2.45, 2.75) is 13.5 Å². The minimum Gasteiger partial charge on any atom is -0.342 e. The summed E-state index contributed by atoms with van der Waals surface area (Å²) in [7, 11) is 0. The Kier molecular flexibility index (Phi) is 4.12. The number of carbonyl (C=O) groups excluding carboxylic acids is 2. The highest BCUT2D eigenvalue weighted by atomic mass is 32.2. The van der Waals surface area contributed by atoms with Crippen molar-refractivity contribution in [1.29, 1.82) is 0 Å². The molecule has 1 aliphatic heterocycles. The highest BCUT2D eigenvalue weighted by molar-refractivity contribution is 8.18. The second-order valence-electron chi connectivity index (χ2n) is 6.15. The topological polar surface area (TPSA) is 51.1 Å². The van der Waals surface area contributed by atoms with Gasteiger partial charge in [-0.05, 0) is 54.1 Å². The lowest BCUT2D eigenvalue weighted by atomic mass is 10.1. The van der Waals surface area contributed by atoms with Crippen LogP contribution in [0, 0.1) is 12.7 Å². The van der Waals surface area contributed by atoms with E-state index in [0.29, 0.717) is 11.4 Å². The average Bonchev–Trinajstić information content (AvgIpc) is 3.11. The first-order valence-electron chi connectivity index (χ1n) is 8.09. The Bertz CT molecular complexity index is 1080. The molecule has 1 N–H and O–H groups in total. The van der Waals surface area contributed by atoms with Crippen LogP contribution in [0.25, 0.3) is 17.0 Å². The van der Waals surface area contributed by atoms with Crippen LogP contribution in [0.1, 0.15) is 16.7 Å². The van der Waals surface area contributed by atoms with E-state index in [1.165, 1.54) is 6.07 Å². The van der Waals surface area contributed by atoms with Gasteiger partial charge in [0, 0.05) is 29.2 Å². The van der Waals surface area contributed by atoms with Gasteiger partial charge in [-0.1, -0.05) is 24.3 Å². The van der Waals surface area contributed by atoms with E-state index in [1.807, 2.05) is 42.0 Å². The summed E-state index contributed by atoms with van der Waals surface area (Å²) < 4.78 is 15.7. The third-order valence-corrected chi connectivity index (χ3v) is 5.21. The van der Waals surface area contributed by atoms with E-state index in [2.05, 4.69) is 5.32 Å². The van der Waals surface area contributed by atoms with Gasteiger partial charge in [0.15, 0.2) is 0 Å². The number of para-hydroxylation sites is 1. The number of benzene rings is 2. The Balaban J connectivity index is 1.79. The zero-order chi connectivity index (χ0) is 18.3. The third kappa shape index (κ3) is 3.04. The summed E-state index contributed by atoms with van der Waals surface area (Å²) in [6, 6.07) is 12.6. The second kappa shape index (κ2) is 6.46. The Hall–Kier alpha value is -2.86. The molecule has 130 valence electrons. The van der Waals surface area contributed by atoms with E-state index in [-0.39, 0.29) is 17.0 Å². The number of nitrogens with one attached hydrogen (secondary N) is 1. The number of rotatable bonds is 3. The van der Waals surface area contributed by atoms with Gasteiger partial charge >= 0.3 is 0 Å². The number of nitrogens with zero attached hydrogens (tertiary/aromatic N) is 1. The lowest BCUT2D eigenvalue weighted by molar-refractivity contribution is -0.115. The summed E-state index contributed by atoms with van der Waals surface area (Å²) >= 11 is 0.897. The third-order valence-electron chi connectivity index (χ3n) is 4.40. The van der Waals surface area contributed by atoms with Crippen molar-refractivity contribution >= 4 is 39.9 Å². The lowest BCUT2D eigenvalue weighted by Gasteiger charge is -2.09. The molecule has 4 nitrogen and oxygen atoms in total. The first-order valence-corrected chi connectivity index (χ1v) is 8.90. The van der Waals surface area contributed by atoms with Gasteiger partial charge in [-0.2, -0.15) is 0 Å². The number of imide groups is 1. The fourth-order valence-electron chi connectivity index (χ4n) is 3.08. The summed E-state index contributed by atoms with van der Waals surface area (Å²) in [6.07, 6.45) is 3.65. The SMILES string of the molecule is Cc1ccc(F)cc1Cn1cc(/C=C2\SC(=O)NC2=O)c2ccccc21. The van der Waals surface area contributed by atoms with Crippen molar-refractivity contribution in [2.75, 3.05) is 0 Å². The van der Waals surface area contributed by atoms with Gasteiger partial charge in [-0.25, -0.2) is 4.39 Å². The van der Waals surface area contributed by atoms with Gasteiger partial charge in [-0.15, -0.1) is 0 Å². The molecule has 0 spiro atoms. The molecule has 6 heteroatoms. The Morgan fingerprint density at radius 3 is 2.77 bits per heavy atom. The van der Waals surface area contributed by atoms with Crippen LogP contribution in [0.15, 0.2) is 53.6 Å². The van der Waals surface area contributed by atoms with E-state index in [1.54, 1.807) is 18.2 Å². The summed E-state index contributed by atoms with van der Waals surface area (Å²) in [5.41, 5.74) is 3.74. The molecule has 2 amide bonds. The number of hydrogen-bond acceptors (Lipinski definition) is 3. The van der Waals surface area contributed by atoms with Crippen LogP contribution in [0.3, 0.4) is 0 Å². The van der Waals surface area contributed by atoms with Crippen LogP contribution in [0.2, 0.25) is 0 Å². The van der Waals surface area contributed by atoms with Gasteiger partial charge in [0.25, 0.3) is 11.1 Å². The summed E-state index contributed by atoms with van der Waals surface area (Å²) in [5, 5.41) is 2.88. The average molecular weight is 366 g/mol. The molecule has 1 aliphatic rings. The van der Waals surface area contributed by atoms with E-state index >= 15 is 0 Å². The maximum atomic E-state index is 13.6. The van der Waals surface area contributed by atoms with Crippen LogP contribution in [-0.2, 0) is 11.3 Å². The van der Waals surface area contributed by atoms with Crippen LogP contribution in [0.5, 0.6) is 0 Å². The Labute approximate surface area is 153 Å². The molecule has 0 radical (unpaired) electrons. The van der Waals surface area contributed by atoms with Crippen molar-refractivity contribution in [3.8, 4) is 0 Å². The predicted octanol–water partition coefficient (Wildman–Crippen LogP) is 4.46. The molecule has 0 atom stereocenters. The van der Waals surface area contributed by atoms with Gasteiger partial charge in [0.2, 0.25) is 0 Å². The molecule has 1 fully saturated rings. The minimum absolute atomic E-state index is 0.262. The Morgan fingerprint density at radius 1 is 1.19 bits per heavy atom. The molecule has 2 aromatic carbocycles. The monoisotopic (exact) mass is 366 g/mol. The lowest BCUT2D eigenvalue weighted by Crippen LogP contribution is -2.17. The van der Waals surface area contributed by atoms with Gasteiger partial charge < -0.3 is 4.57 Å². The smallest absolute Gasteiger partial charge is 0.290 e. The molecule has 1 saturated heterocycles. The van der Waals surface area contributed by atoms with Crippen molar-refractivity contribution in [2.24, 2.45) is 0 Å². The van der Waals surface area contributed by atoms with Crippen LogP contribution >= 0.6 is 11.8 Å². The molecule has 26 heavy (non-hydrogen) atoms. The van der Waals surface area contributed by atoms with Crippen LogP contribution < -0.4 is 5.32 Å². The number of carbonyl (C=O) groups is 2. The van der Waals surface area contributed by atoms with Crippen molar-refractivity contribution in [3.05, 3.63) is 76.1 Å². The van der Waals surface area contributed by atoms with Crippen LogP contribution in [0.4, 0.5) is 9.18 Å². The van der Waals surface area contributed by atoms with Crippen molar-refractivity contribution in [1.82, 2.24) is 9.88 Å². The molecule has 2 heterocycles. The molecule has 0 aliphatic carbocycles. The maximum absolute atomic E-state index is 13.6. The molecule has 0 unspecified atom stereocenters. The zero-order valence-corrected chi connectivity index (χ0v) is 14.8. The highest BCUT2D eigenvalue weighted by Crippen LogP contribution is 2.30. The van der Waals surface area contributed by atoms with Crippen molar-refractivity contribution < 1.29 is 14.0 Å². The second-order valence-corrected chi connectivity index (χ2v) is 7.17. The largest absolute Gasteiger partial charge is 0.342 e. The highest BCUT2D eigenvalue weighted by Gasteiger charge is 2.25. The fourth-order valence-corrected chi connectivity index (χ4v) is 3.75. The van der Waals surface area contributed by atoms with E-state index in [4.69, 9.17) is 0 Å². The maximum Gasteiger partial charge on any atom is 0.290 e. The van der Waals surface area contributed by atoms with Gasteiger partial charge in [-0.3, -0.25) is 14.9 Å². The quantitative estimate of drug-likeness (QED) is 0.696. The minimum atomic E-state index is -0.377. The number of aromatic nitrogens is 1. The molecule has 0 bridgehead atoms. The summed E-state index contributed by atoms with van der Waals surface area (Å²) in [5.74, 6) is -0.639. The van der Waals surface area contributed by atoms with Gasteiger partial charge in [0.05, 0.1) is 4.91 Å². The fraction of sp³-hybridized carbons (Fsp3) is 0.100. The van der Waals surface area contributed by atoms with E-state index in [9.17, 15) is 14.0 Å². The number of fused-ring (bicyclic) bond motifs is 1. The molecule has 0 saturated carbocycles. The molecular formula is C20H15FN2O2S. The number of hydrogen-bond donors (Lipinski definition) is 1. The van der Waals surface area contributed by atoms with Gasteiger partial charge in [0.1, 0.15) is 5.82 Å². The Morgan fingerprint density at radius 2 is 2.00 bits per heavy atom. The molecule has 4 rings (SSSR count). The standard InChI is InChI=1S/C20H15FN2O2S/c1-12-6-7-15(21)8-13(12)10-23-11-14(16-4-2-3-5-17(16)23)9-18-19(24)22-20(25)26-18/h2-9,11H,10H2,1H3,(H,22,24,25)/b18-9-. The first kappa shape index (κ1) is 16.6. The normalized spacial score (nSPS) is 15.8. The summed E-state index contributed by atoms with van der Waals surface area (Å²) in [6.45, 7) is 2.47. The number of aryl methyl sites for hydroxylation is 1. The van der Waals surface area contributed by atoms with E-state index < -0.39 is 0 Å². The number of halogens is 1. The molecule has 3 aromatic rings. The molecular weight excluding hydrogens is 351 g/mol. The number of amides is 2. The first-order chi connectivity index (χ1) is 12.5. The molecule has 1 aromatic heterocycles. The van der Waals surface area contributed by atoms with Crippen LogP contribution in [-0.4, -0.2) is 15.7 Å².